The van der Waals surface area contributed by atoms with Crippen molar-refractivity contribution >= 4 is 11.7 Å². The molecule has 2 N–H and O–H groups in total. The van der Waals surface area contributed by atoms with Gasteiger partial charge in [-0.25, -0.2) is 4.79 Å². The molecule has 0 radical (unpaired) electrons. The van der Waals surface area contributed by atoms with E-state index in [-0.39, 0.29) is 12.6 Å². The molecule has 0 heterocycles. The topological polar surface area (TPSA) is 58.6 Å². The second-order valence-electron chi connectivity index (χ2n) is 2.72. The van der Waals surface area contributed by atoms with Crippen molar-refractivity contribution in [2.24, 2.45) is 0 Å². The van der Waals surface area contributed by atoms with Crippen LogP contribution in [0.15, 0.2) is 24.3 Å². The first-order valence-electron chi connectivity index (χ1n) is 4.31. The predicted molar refractivity (Wildman–Crippen MR) is 53.4 cm³/mol. The smallest absolute Gasteiger partial charge is 0.337 e. The third kappa shape index (κ3) is 2.74. The molecule has 0 atom stereocenters. The molecular formula is C10H13NO3. The van der Waals surface area contributed by atoms with Crippen LogP contribution in [0.4, 0.5) is 5.69 Å². The molecule has 1 rings (SSSR count). The summed E-state index contributed by atoms with van der Waals surface area (Å²) in [6.45, 7) is 0.521. The molecule has 1 aromatic carbocycles. The number of hydrogen-bond acceptors (Lipinski definition) is 4. The molecule has 0 aromatic heterocycles. The molecule has 4 heteroatoms. The predicted octanol–water partition coefficient (Wildman–Crippen LogP) is 0.877. The van der Waals surface area contributed by atoms with E-state index in [1.807, 2.05) is 6.07 Å². The van der Waals surface area contributed by atoms with E-state index in [9.17, 15) is 4.79 Å². The Balaban J connectivity index is 2.73. The molecule has 76 valence electrons. The fourth-order valence-corrected chi connectivity index (χ4v) is 1.07. The summed E-state index contributed by atoms with van der Waals surface area (Å²) in [5.74, 6) is -0.363. The Kier molecular flexibility index (Phi) is 3.94. The Morgan fingerprint density at radius 1 is 1.57 bits per heavy atom. The first kappa shape index (κ1) is 10.5. The average Bonchev–Trinajstić information content (AvgIpc) is 2.25. The summed E-state index contributed by atoms with van der Waals surface area (Å²) >= 11 is 0. The van der Waals surface area contributed by atoms with Gasteiger partial charge in [0.15, 0.2) is 0 Å². The maximum absolute atomic E-state index is 11.1. The summed E-state index contributed by atoms with van der Waals surface area (Å²) in [7, 11) is 1.34. The van der Waals surface area contributed by atoms with E-state index < -0.39 is 0 Å². The van der Waals surface area contributed by atoms with Gasteiger partial charge in [0.2, 0.25) is 0 Å². The summed E-state index contributed by atoms with van der Waals surface area (Å²) in [5, 5.41) is 11.6. The van der Waals surface area contributed by atoms with Gasteiger partial charge in [-0.2, -0.15) is 0 Å². The van der Waals surface area contributed by atoms with E-state index in [2.05, 4.69) is 10.1 Å². The second kappa shape index (κ2) is 5.24. The summed E-state index contributed by atoms with van der Waals surface area (Å²) in [6.07, 6.45) is 0. The maximum Gasteiger partial charge on any atom is 0.337 e. The molecule has 1 aromatic rings. The SMILES string of the molecule is COC(=O)c1cccc(NCCO)c1. The zero-order valence-electron chi connectivity index (χ0n) is 7.99. The monoisotopic (exact) mass is 195 g/mol. The number of aliphatic hydroxyl groups excluding tert-OH is 1. The van der Waals surface area contributed by atoms with Gasteiger partial charge in [-0.15, -0.1) is 0 Å². The standard InChI is InChI=1S/C10H13NO3/c1-14-10(13)8-3-2-4-9(7-8)11-5-6-12/h2-4,7,11-12H,5-6H2,1H3. The molecule has 0 fully saturated rings. The normalized spacial score (nSPS) is 9.57. The van der Waals surface area contributed by atoms with Crippen molar-refractivity contribution < 1.29 is 14.6 Å². The highest BCUT2D eigenvalue weighted by Gasteiger charge is 2.04. The van der Waals surface area contributed by atoms with E-state index in [0.717, 1.165) is 5.69 Å². The minimum atomic E-state index is -0.363. The number of carbonyl (C=O) groups is 1. The van der Waals surface area contributed by atoms with Gasteiger partial charge in [-0.1, -0.05) is 6.07 Å². The number of esters is 1. The number of nitrogens with one attached hydrogen (secondary N) is 1. The van der Waals surface area contributed by atoms with Gasteiger partial charge in [-0.05, 0) is 18.2 Å². The Bertz CT molecular complexity index is 312. The molecule has 0 unspecified atom stereocenters. The highest BCUT2D eigenvalue weighted by Crippen LogP contribution is 2.10. The van der Waals surface area contributed by atoms with Crippen LogP contribution in [-0.2, 0) is 4.74 Å². The Labute approximate surface area is 82.5 Å². The summed E-state index contributed by atoms with van der Waals surface area (Å²) < 4.78 is 4.58. The molecule has 0 bridgehead atoms. The van der Waals surface area contributed by atoms with E-state index in [1.54, 1.807) is 18.2 Å². The minimum Gasteiger partial charge on any atom is -0.465 e. The van der Waals surface area contributed by atoms with Gasteiger partial charge in [0.1, 0.15) is 0 Å². The summed E-state index contributed by atoms with van der Waals surface area (Å²) in [5.41, 5.74) is 1.29. The van der Waals surface area contributed by atoms with E-state index >= 15 is 0 Å². The second-order valence-corrected chi connectivity index (χ2v) is 2.72. The zero-order chi connectivity index (χ0) is 10.4. The maximum atomic E-state index is 11.1. The lowest BCUT2D eigenvalue weighted by Gasteiger charge is -2.05. The molecule has 0 saturated heterocycles. The van der Waals surface area contributed by atoms with Crippen LogP contribution in [0, 0.1) is 0 Å². The molecule has 0 amide bonds. The lowest BCUT2D eigenvalue weighted by atomic mass is 10.2. The lowest BCUT2D eigenvalue weighted by Crippen LogP contribution is -2.07. The Morgan fingerprint density at radius 2 is 2.36 bits per heavy atom. The minimum absolute atomic E-state index is 0.0580. The fourth-order valence-electron chi connectivity index (χ4n) is 1.07. The molecule has 0 aliphatic carbocycles. The van der Waals surface area contributed by atoms with Crippen molar-refractivity contribution in [3.8, 4) is 0 Å². The Morgan fingerprint density at radius 3 is 3.00 bits per heavy atom. The van der Waals surface area contributed by atoms with Crippen molar-refractivity contribution in [3.05, 3.63) is 29.8 Å². The van der Waals surface area contributed by atoms with Crippen LogP contribution >= 0.6 is 0 Å². The molecule has 0 spiro atoms. The van der Waals surface area contributed by atoms with Crippen molar-refractivity contribution in [2.45, 2.75) is 0 Å². The number of hydrogen-bond donors (Lipinski definition) is 2. The van der Waals surface area contributed by atoms with Crippen molar-refractivity contribution in [2.75, 3.05) is 25.6 Å². The number of methoxy groups -OCH3 is 1. The van der Waals surface area contributed by atoms with Crippen LogP contribution in [0.25, 0.3) is 0 Å². The van der Waals surface area contributed by atoms with Crippen LogP contribution in [0.5, 0.6) is 0 Å². The highest BCUT2D eigenvalue weighted by atomic mass is 16.5. The number of ether oxygens (including phenoxy) is 1. The number of rotatable bonds is 4. The number of carbonyl (C=O) groups excluding carboxylic acids is 1. The van der Waals surface area contributed by atoms with Crippen LogP contribution in [0.2, 0.25) is 0 Å². The molecular weight excluding hydrogens is 182 g/mol. The zero-order valence-corrected chi connectivity index (χ0v) is 7.99. The average molecular weight is 195 g/mol. The first-order chi connectivity index (χ1) is 6.77. The van der Waals surface area contributed by atoms with Gasteiger partial charge in [0.25, 0.3) is 0 Å². The van der Waals surface area contributed by atoms with E-state index in [1.165, 1.54) is 7.11 Å². The van der Waals surface area contributed by atoms with E-state index in [0.29, 0.717) is 12.1 Å². The first-order valence-corrected chi connectivity index (χ1v) is 4.31. The Hall–Kier alpha value is -1.55. The van der Waals surface area contributed by atoms with Gasteiger partial charge >= 0.3 is 5.97 Å². The van der Waals surface area contributed by atoms with Crippen LogP contribution in [0.3, 0.4) is 0 Å². The third-order valence-electron chi connectivity index (χ3n) is 1.72. The van der Waals surface area contributed by atoms with Gasteiger partial charge < -0.3 is 15.2 Å². The highest BCUT2D eigenvalue weighted by molar-refractivity contribution is 5.90. The largest absolute Gasteiger partial charge is 0.465 e. The van der Waals surface area contributed by atoms with Crippen LogP contribution in [-0.4, -0.2) is 31.3 Å². The van der Waals surface area contributed by atoms with Gasteiger partial charge in [0, 0.05) is 12.2 Å². The molecule has 0 aliphatic heterocycles. The summed E-state index contributed by atoms with van der Waals surface area (Å²) in [4.78, 5) is 11.1. The molecule has 14 heavy (non-hydrogen) atoms. The van der Waals surface area contributed by atoms with Crippen molar-refractivity contribution in [3.63, 3.8) is 0 Å². The number of anilines is 1. The van der Waals surface area contributed by atoms with Crippen LogP contribution < -0.4 is 5.32 Å². The quantitative estimate of drug-likeness (QED) is 0.700. The number of benzene rings is 1. The van der Waals surface area contributed by atoms with Gasteiger partial charge in [0.05, 0.1) is 19.3 Å². The lowest BCUT2D eigenvalue weighted by molar-refractivity contribution is 0.0601. The summed E-state index contributed by atoms with van der Waals surface area (Å²) in [6, 6.07) is 6.94. The van der Waals surface area contributed by atoms with E-state index in [4.69, 9.17) is 5.11 Å². The number of aliphatic hydroxyl groups is 1. The molecule has 0 saturated carbocycles. The molecule has 4 nitrogen and oxygen atoms in total. The van der Waals surface area contributed by atoms with Gasteiger partial charge in [-0.3, -0.25) is 0 Å². The van der Waals surface area contributed by atoms with Crippen molar-refractivity contribution in [1.29, 1.82) is 0 Å². The van der Waals surface area contributed by atoms with Crippen LogP contribution in [0.1, 0.15) is 10.4 Å². The molecule has 0 aliphatic rings. The third-order valence-corrected chi connectivity index (χ3v) is 1.72. The fraction of sp³-hybridized carbons (Fsp3) is 0.300. The van der Waals surface area contributed by atoms with Crippen molar-refractivity contribution in [1.82, 2.24) is 0 Å².